The summed E-state index contributed by atoms with van der Waals surface area (Å²) in [7, 11) is 3.25. The number of ether oxygens (including phenoxy) is 3. The van der Waals surface area contributed by atoms with Crippen LogP contribution in [0.3, 0.4) is 0 Å². The van der Waals surface area contributed by atoms with Crippen molar-refractivity contribution >= 4 is 5.97 Å². The third kappa shape index (κ3) is 4.35. The number of nitrogens with zero attached hydrogens (tertiary/aromatic N) is 1. The van der Waals surface area contributed by atoms with Gasteiger partial charge in [0.1, 0.15) is 18.1 Å². The number of piperazine rings is 1. The van der Waals surface area contributed by atoms with Crippen LogP contribution in [0, 0.1) is 0 Å². The Labute approximate surface area is 131 Å². The van der Waals surface area contributed by atoms with Gasteiger partial charge in [0.25, 0.3) is 0 Å². The predicted molar refractivity (Wildman–Crippen MR) is 83.2 cm³/mol. The fourth-order valence-corrected chi connectivity index (χ4v) is 2.56. The molecule has 0 unspecified atom stereocenters. The highest BCUT2D eigenvalue weighted by atomic mass is 16.5. The van der Waals surface area contributed by atoms with Gasteiger partial charge in [-0.25, -0.2) is 0 Å². The van der Waals surface area contributed by atoms with Crippen LogP contribution in [0.2, 0.25) is 0 Å². The molecule has 2 rings (SSSR count). The highest BCUT2D eigenvalue weighted by Crippen LogP contribution is 2.30. The molecule has 0 saturated carbocycles. The zero-order valence-electron chi connectivity index (χ0n) is 13.5. The smallest absolute Gasteiger partial charge is 0.302 e. The molecule has 122 valence electrons. The van der Waals surface area contributed by atoms with Crippen molar-refractivity contribution in [3.8, 4) is 11.5 Å². The van der Waals surface area contributed by atoms with E-state index in [1.54, 1.807) is 14.2 Å². The van der Waals surface area contributed by atoms with Gasteiger partial charge in [-0.2, -0.15) is 0 Å². The van der Waals surface area contributed by atoms with E-state index in [1.165, 1.54) is 6.92 Å². The second-order valence-corrected chi connectivity index (χ2v) is 5.27. The average molecular weight is 308 g/mol. The Morgan fingerprint density at radius 1 is 1.23 bits per heavy atom. The van der Waals surface area contributed by atoms with Gasteiger partial charge >= 0.3 is 5.97 Å². The van der Waals surface area contributed by atoms with Gasteiger partial charge in [0.2, 0.25) is 0 Å². The summed E-state index contributed by atoms with van der Waals surface area (Å²) in [5.74, 6) is 1.13. The number of carbonyl (C=O) groups is 1. The average Bonchev–Trinajstić information content (AvgIpc) is 2.53. The molecule has 6 heteroatoms. The number of hydrogen-bond donors (Lipinski definition) is 1. The molecule has 0 bridgehead atoms. The maximum atomic E-state index is 11.1. The normalized spacial score (nSPS) is 15.4. The Morgan fingerprint density at radius 3 is 2.55 bits per heavy atom. The minimum atomic E-state index is -0.300. The first-order chi connectivity index (χ1) is 10.6. The SMILES string of the molecule is COc1cc(CN2CCNCC2)c(COC(C)=O)c(OC)c1. The lowest BCUT2D eigenvalue weighted by Gasteiger charge is -2.28. The van der Waals surface area contributed by atoms with Crippen molar-refractivity contribution in [1.29, 1.82) is 0 Å². The van der Waals surface area contributed by atoms with E-state index < -0.39 is 0 Å². The van der Waals surface area contributed by atoms with Gasteiger partial charge in [-0.1, -0.05) is 0 Å². The maximum absolute atomic E-state index is 11.1. The summed E-state index contributed by atoms with van der Waals surface area (Å²) in [6, 6.07) is 3.81. The third-order valence-corrected chi connectivity index (χ3v) is 3.75. The highest BCUT2D eigenvalue weighted by Gasteiger charge is 2.17. The zero-order chi connectivity index (χ0) is 15.9. The number of methoxy groups -OCH3 is 2. The van der Waals surface area contributed by atoms with Crippen molar-refractivity contribution in [1.82, 2.24) is 10.2 Å². The Bertz CT molecular complexity index is 513. The Morgan fingerprint density at radius 2 is 1.95 bits per heavy atom. The monoisotopic (exact) mass is 308 g/mol. The first kappa shape index (κ1) is 16.6. The van der Waals surface area contributed by atoms with E-state index in [1.807, 2.05) is 12.1 Å². The summed E-state index contributed by atoms with van der Waals surface area (Å²) in [6.45, 7) is 6.36. The summed E-state index contributed by atoms with van der Waals surface area (Å²) >= 11 is 0. The summed E-state index contributed by atoms with van der Waals surface area (Å²) < 4.78 is 16.0. The van der Waals surface area contributed by atoms with Gasteiger partial charge in [0.15, 0.2) is 0 Å². The molecule has 0 aromatic heterocycles. The number of rotatable bonds is 6. The van der Waals surface area contributed by atoms with Crippen molar-refractivity contribution < 1.29 is 19.0 Å². The molecular formula is C16H24N2O4. The lowest BCUT2D eigenvalue weighted by atomic mass is 10.0. The Balaban J connectivity index is 2.27. The number of benzene rings is 1. The van der Waals surface area contributed by atoms with Crippen molar-refractivity contribution in [2.45, 2.75) is 20.1 Å². The minimum absolute atomic E-state index is 0.212. The van der Waals surface area contributed by atoms with Crippen LogP contribution in [0.25, 0.3) is 0 Å². The van der Waals surface area contributed by atoms with Crippen molar-refractivity contribution in [3.05, 3.63) is 23.3 Å². The summed E-state index contributed by atoms with van der Waals surface area (Å²) in [5.41, 5.74) is 1.97. The van der Waals surface area contributed by atoms with E-state index in [0.717, 1.165) is 49.6 Å². The first-order valence-corrected chi connectivity index (χ1v) is 7.44. The Hall–Kier alpha value is -1.79. The molecule has 1 aliphatic heterocycles. The fraction of sp³-hybridized carbons (Fsp3) is 0.562. The van der Waals surface area contributed by atoms with Crippen LogP contribution in [0.5, 0.6) is 11.5 Å². The third-order valence-electron chi connectivity index (χ3n) is 3.75. The first-order valence-electron chi connectivity index (χ1n) is 7.44. The molecular weight excluding hydrogens is 284 g/mol. The topological polar surface area (TPSA) is 60.0 Å². The molecule has 1 fully saturated rings. The van der Waals surface area contributed by atoms with E-state index in [2.05, 4.69) is 10.2 Å². The van der Waals surface area contributed by atoms with Crippen LogP contribution in [-0.4, -0.2) is 51.3 Å². The second-order valence-electron chi connectivity index (χ2n) is 5.27. The lowest BCUT2D eigenvalue weighted by molar-refractivity contribution is -0.142. The van der Waals surface area contributed by atoms with Gasteiger partial charge in [0.05, 0.1) is 14.2 Å². The van der Waals surface area contributed by atoms with Crippen LogP contribution in [-0.2, 0) is 22.7 Å². The summed E-state index contributed by atoms with van der Waals surface area (Å²) in [5, 5.41) is 3.34. The van der Waals surface area contributed by atoms with E-state index in [-0.39, 0.29) is 12.6 Å². The van der Waals surface area contributed by atoms with Crippen molar-refractivity contribution in [2.24, 2.45) is 0 Å². The lowest BCUT2D eigenvalue weighted by Crippen LogP contribution is -2.43. The number of carbonyl (C=O) groups excluding carboxylic acids is 1. The predicted octanol–water partition coefficient (Wildman–Crippen LogP) is 1.17. The van der Waals surface area contributed by atoms with Gasteiger partial charge in [-0.3, -0.25) is 9.69 Å². The van der Waals surface area contributed by atoms with E-state index in [9.17, 15) is 4.79 Å². The number of nitrogens with one attached hydrogen (secondary N) is 1. The molecule has 1 aliphatic rings. The summed E-state index contributed by atoms with van der Waals surface area (Å²) in [4.78, 5) is 13.5. The molecule has 6 nitrogen and oxygen atoms in total. The molecule has 22 heavy (non-hydrogen) atoms. The fourth-order valence-electron chi connectivity index (χ4n) is 2.56. The quantitative estimate of drug-likeness (QED) is 0.796. The minimum Gasteiger partial charge on any atom is -0.497 e. The second kappa shape index (κ2) is 8.00. The number of hydrogen-bond acceptors (Lipinski definition) is 6. The molecule has 0 aliphatic carbocycles. The zero-order valence-corrected chi connectivity index (χ0v) is 13.5. The molecule has 0 atom stereocenters. The summed E-state index contributed by atoms with van der Waals surface area (Å²) in [6.07, 6.45) is 0. The molecule has 1 heterocycles. The highest BCUT2D eigenvalue weighted by molar-refractivity contribution is 5.66. The Kier molecular flexibility index (Phi) is 6.03. The standard InChI is InChI=1S/C16H24N2O4/c1-12(19)22-11-15-13(10-18-6-4-17-5-7-18)8-14(20-2)9-16(15)21-3/h8-9,17H,4-7,10-11H2,1-3H3. The van der Waals surface area contributed by atoms with Crippen molar-refractivity contribution in [3.63, 3.8) is 0 Å². The largest absolute Gasteiger partial charge is 0.497 e. The number of esters is 1. The molecule has 0 spiro atoms. The molecule has 1 N–H and O–H groups in total. The van der Waals surface area contributed by atoms with Crippen LogP contribution in [0.1, 0.15) is 18.1 Å². The van der Waals surface area contributed by atoms with Crippen LogP contribution in [0.4, 0.5) is 0 Å². The molecule has 0 amide bonds. The molecule has 0 radical (unpaired) electrons. The van der Waals surface area contributed by atoms with Gasteiger partial charge in [0, 0.05) is 51.3 Å². The van der Waals surface area contributed by atoms with Crippen LogP contribution >= 0.6 is 0 Å². The maximum Gasteiger partial charge on any atom is 0.302 e. The van der Waals surface area contributed by atoms with Crippen molar-refractivity contribution in [2.75, 3.05) is 40.4 Å². The molecule has 1 aromatic carbocycles. The molecule has 1 aromatic rings. The van der Waals surface area contributed by atoms with Gasteiger partial charge in [-0.15, -0.1) is 0 Å². The van der Waals surface area contributed by atoms with E-state index >= 15 is 0 Å². The van der Waals surface area contributed by atoms with Gasteiger partial charge in [-0.05, 0) is 11.6 Å². The van der Waals surface area contributed by atoms with Gasteiger partial charge < -0.3 is 19.5 Å². The molecule has 1 saturated heterocycles. The van der Waals surface area contributed by atoms with Crippen LogP contribution in [0.15, 0.2) is 12.1 Å². The van der Waals surface area contributed by atoms with Crippen LogP contribution < -0.4 is 14.8 Å². The van der Waals surface area contributed by atoms with E-state index in [4.69, 9.17) is 14.2 Å². The van der Waals surface area contributed by atoms with E-state index in [0.29, 0.717) is 5.75 Å².